The molecule has 5 heteroatoms. The second-order valence-electron chi connectivity index (χ2n) is 4.58. The lowest BCUT2D eigenvalue weighted by Crippen LogP contribution is -2.04. The van der Waals surface area contributed by atoms with Crippen LogP contribution in [0.25, 0.3) is 5.65 Å². The number of nitrogens with zero attached hydrogens (tertiary/aromatic N) is 2. The number of imidazole rings is 1. The number of anilines is 1. The smallest absolute Gasteiger partial charge is 0.137 e. The van der Waals surface area contributed by atoms with Crippen molar-refractivity contribution in [3.8, 4) is 0 Å². The highest BCUT2D eigenvalue weighted by Crippen LogP contribution is 2.23. The molecule has 20 heavy (non-hydrogen) atoms. The number of fused-ring (bicyclic) bond motifs is 1. The van der Waals surface area contributed by atoms with Crippen LogP contribution in [0, 0.1) is 6.92 Å². The number of halogens is 2. The first-order chi connectivity index (χ1) is 9.63. The van der Waals surface area contributed by atoms with Crippen molar-refractivity contribution in [1.82, 2.24) is 9.38 Å². The van der Waals surface area contributed by atoms with Crippen molar-refractivity contribution < 1.29 is 0 Å². The maximum Gasteiger partial charge on any atom is 0.137 e. The molecule has 0 radical (unpaired) electrons. The second kappa shape index (κ2) is 5.35. The zero-order valence-electron chi connectivity index (χ0n) is 10.9. The van der Waals surface area contributed by atoms with Gasteiger partial charge in [0.05, 0.1) is 17.9 Å². The van der Waals surface area contributed by atoms with Crippen LogP contribution in [0.4, 0.5) is 5.69 Å². The summed E-state index contributed by atoms with van der Waals surface area (Å²) in [5.41, 5.74) is 3.98. The summed E-state index contributed by atoms with van der Waals surface area (Å²) in [6.07, 6.45) is 2.01. The maximum absolute atomic E-state index is 6.00. The van der Waals surface area contributed by atoms with E-state index in [2.05, 4.69) is 14.7 Å². The summed E-state index contributed by atoms with van der Waals surface area (Å²) in [6.45, 7) is 2.67. The Kier molecular flexibility index (Phi) is 3.55. The summed E-state index contributed by atoms with van der Waals surface area (Å²) in [7, 11) is 0. The number of pyridine rings is 1. The van der Waals surface area contributed by atoms with Crippen LogP contribution in [0.5, 0.6) is 0 Å². The first-order valence-electron chi connectivity index (χ1n) is 6.26. The van der Waals surface area contributed by atoms with Gasteiger partial charge in [0.2, 0.25) is 0 Å². The Morgan fingerprint density at radius 3 is 2.65 bits per heavy atom. The molecular weight excluding hydrogens is 293 g/mol. The Bertz CT molecular complexity index is 745. The van der Waals surface area contributed by atoms with Gasteiger partial charge in [0.15, 0.2) is 0 Å². The summed E-state index contributed by atoms with van der Waals surface area (Å²) in [6, 6.07) is 11.4. The van der Waals surface area contributed by atoms with E-state index in [1.165, 1.54) is 0 Å². The summed E-state index contributed by atoms with van der Waals surface area (Å²) in [5, 5.41) is 4.57. The molecule has 0 unspecified atom stereocenters. The Morgan fingerprint density at radius 1 is 1.15 bits per heavy atom. The van der Waals surface area contributed by atoms with E-state index in [9.17, 15) is 0 Å². The molecule has 2 heterocycles. The lowest BCUT2D eigenvalue weighted by atomic mass is 10.3. The first kappa shape index (κ1) is 13.3. The second-order valence-corrected chi connectivity index (χ2v) is 5.46. The number of benzene rings is 1. The minimum atomic E-state index is 0.620. The van der Waals surface area contributed by atoms with Crippen molar-refractivity contribution in [3.05, 3.63) is 64.0 Å². The molecule has 0 spiro atoms. The monoisotopic (exact) mass is 305 g/mol. The van der Waals surface area contributed by atoms with E-state index >= 15 is 0 Å². The quantitative estimate of drug-likeness (QED) is 0.768. The highest BCUT2D eigenvalue weighted by atomic mass is 35.5. The third-order valence-corrected chi connectivity index (χ3v) is 3.59. The van der Waals surface area contributed by atoms with E-state index in [1.807, 2.05) is 43.5 Å². The minimum absolute atomic E-state index is 0.620. The predicted molar refractivity (Wildman–Crippen MR) is 83.7 cm³/mol. The van der Waals surface area contributed by atoms with Crippen LogP contribution < -0.4 is 5.32 Å². The molecule has 0 saturated heterocycles. The zero-order valence-corrected chi connectivity index (χ0v) is 12.4. The zero-order chi connectivity index (χ0) is 14.1. The molecule has 0 aliphatic carbocycles. The van der Waals surface area contributed by atoms with Gasteiger partial charge >= 0.3 is 0 Å². The molecular formula is C15H13Cl2N3. The fraction of sp³-hybridized carbons (Fsp3) is 0.133. The van der Waals surface area contributed by atoms with Gasteiger partial charge in [0.1, 0.15) is 5.65 Å². The fourth-order valence-electron chi connectivity index (χ4n) is 2.22. The van der Waals surface area contributed by atoms with Gasteiger partial charge in [-0.1, -0.05) is 29.3 Å². The molecule has 102 valence electrons. The standard InChI is InChI=1S/C15H13Cl2N3/c1-10-14(20-5-3-2-4-15(20)19-10)9-18-13-7-11(16)6-12(17)8-13/h2-8,18H,9H2,1H3. The van der Waals surface area contributed by atoms with Gasteiger partial charge in [0, 0.05) is 21.9 Å². The third kappa shape index (κ3) is 2.60. The van der Waals surface area contributed by atoms with E-state index in [1.54, 1.807) is 6.07 Å². The highest BCUT2D eigenvalue weighted by Gasteiger charge is 2.08. The maximum atomic E-state index is 6.00. The molecule has 3 aromatic rings. The van der Waals surface area contributed by atoms with E-state index < -0.39 is 0 Å². The van der Waals surface area contributed by atoms with Crippen molar-refractivity contribution in [2.75, 3.05) is 5.32 Å². The molecule has 3 nitrogen and oxygen atoms in total. The number of rotatable bonds is 3. The minimum Gasteiger partial charge on any atom is -0.379 e. The van der Waals surface area contributed by atoms with Crippen molar-refractivity contribution in [3.63, 3.8) is 0 Å². The summed E-state index contributed by atoms with van der Waals surface area (Å²) < 4.78 is 2.08. The van der Waals surface area contributed by atoms with Crippen molar-refractivity contribution in [2.24, 2.45) is 0 Å². The highest BCUT2D eigenvalue weighted by molar-refractivity contribution is 6.35. The Balaban J connectivity index is 1.88. The summed E-state index contributed by atoms with van der Waals surface area (Å²) in [4.78, 5) is 4.53. The van der Waals surface area contributed by atoms with Crippen molar-refractivity contribution >= 4 is 34.5 Å². The number of hydrogen-bond acceptors (Lipinski definition) is 2. The average Bonchev–Trinajstić information content (AvgIpc) is 2.71. The Morgan fingerprint density at radius 2 is 1.90 bits per heavy atom. The molecule has 0 bridgehead atoms. The lowest BCUT2D eigenvalue weighted by Gasteiger charge is -2.08. The van der Waals surface area contributed by atoms with Crippen LogP contribution in [0.15, 0.2) is 42.6 Å². The van der Waals surface area contributed by atoms with Gasteiger partial charge in [-0.2, -0.15) is 0 Å². The van der Waals surface area contributed by atoms with Gasteiger partial charge in [-0.3, -0.25) is 0 Å². The molecule has 3 rings (SSSR count). The van der Waals surface area contributed by atoms with Crippen LogP contribution in [0.1, 0.15) is 11.4 Å². The molecule has 1 aromatic carbocycles. The molecule has 0 fully saturated rings. The van der Waals surface area contributed by atoms with Gasteiger partial charge in [-0.05, 0) is 37.3 Å². The van der Waals surface area contributed by atoms with E-state index in [-0.39, 0.29) is 0 Å². The van der Waals surface area contributed by atoms with Gasteiger partial charge in [-0.25, -0.2) is 4.98 Å². The molecule has 0 saturated carbocycles. The largest absolute Gasteiger partial charge is 0.379 e. The third-order valence-electron chi connectivity index (χ3n) is 3.15. The van der Waals surface area contributed by atoms with E-state index in [0.717, 1.165) is 22.7 Å². The summed E-state index contributed by atoms with van der Waals surface area (Å²) in [5.74, 6) is 0. The average molecular weight is 306 g/mol. The molecule has 0 amide bonds. The van der Waals surface area contributed by atoms with Gasteiger partial charge in [-0.15, -0.1) is 0 Å². The summed E-state index contributed by atoms with van der Waals surface area (Å²) >= 11 is 12.0. The number of aryl methyl sites for hydroxylation is 1. The van der Waals surface area contributed by atoms with Crippen LogP contribution in [-0.2, 0) is 6.54 Å². The fourth-order valence-corrected chi connectivity index (χ4v) is 2.74. The number of aromatic nitrogens is 2. The first-order valence-corrected chi connectivity index (χ1v) is 7.01. The Hall–Kier alpha value is -1.71. The number of hydrogen-bond donors (Lipinski definition) is 1. The van der Waals surface area contributed by atoms with Crippen LogP contribution >= 0.6 is 23.2 Å². The molecule has 2 aromatic heterocycles. The van der Waals surface area contributed by atoms with E-state index in [4.69, 9.17) is 23.2 Å². The lowest BCUT2D eigenvalue weighted by molar-refractivity contribution is 0.987. The predicted octanol–water partition coefficient (Wildman–Crippen LogP) is 4.56. The topological polar surface area (TPSA) is 29.3 Å². The van der Waals surface area contributed by atoms with Crippen LogP contribution in [-0.4, -0.2) is 9.38 Å². The van der Waals surface area contributed by atoms with Crippen LogP contribution in [0.2, 0.25) is 10.0 Å². The Labute approximate surface area is 127 Å². The van der Waals surface area contributed by atoms with Crippen molar-refractivity contribution in [1.29, 1.82) is 0 Å². The molecule has 0 atom stereocenters. The van der Waals surface area contributed by atoms with Crippen molar-refractivity contribution in [2.45, 2.75) is 13.5 Å². The van der Waals surface area contributed by atoms with Gasteiger partial charge < -0.3 is 9.72 Å². The normalized spacial score (nSPS) is 10.9. The van der Waals surface area contributed by atoms with E-state index in [0.29, 0.717) is 16.6 Å². The van der Waals surface area contributed by atoms with Crippen LogP contribution in [0.3, 0.4) is 0 Å². The van der Waals surface area contributed by atoms with Gasteiger partial charge in [0.25, 0.3) is 0 Å². The molecule has 1 N–H and O–H groups in total. The molecule has 0 aliphatic rings. The SMILES string of the molecule is Cc1nc2ccccn2c1CNc1cc(Cl)cc(Cl)c1. The molecule has 0 aliphatic heterocycles. The number of nitrogens with one attached hydrogen (secondary N) is 1.